The second-order valence-electron chi connectivity index (χ2n) is 2.99. The van der Waals surface area contributed by atoms with Crippen LogP contribution in [0.15, 0.2) is 18.2 Å². The standard InChI is InChI=1S/C10H8BrFS/c1-6-2-8(12)3-7-4-9(5-11)13-10(6)7/h2-4H,5H2,1H3. The van der Waals surface area contributed by atoms with Crippen LogP contribution in [0.5, 0.6) is 0 Å². The fraction of sp³-hybridized carbons (Fsp3) is 0.200. The molecule has 0 bridgehead atoms. The van der Waals surface area contributed by atoms with Crippen molar-refractivity contribution in [2.24, 2.45) is 0 Å². The second kappa shape index (κ2) is 3.39. The van der Waals surface area contributed by atoms with E-state index >= 15 is 0 Å². The Bertz CT molecular complexity index is 447. The van der Waals surface area contributed by atoms with Crippen LogP contribution < -0.4 is 0 Å². The van der Waals surface area contributed by atoms with E-state index in [9.17, 15) is 4.39 Å². The Kier molecular flexibility index (Phi) is 2.39. The Balaban J connectivity index is 2.75. The van der Waals surface area contributed by atoms with E-state index in [0.717, 1.165) is 16.3 Å². The average Bonchev–Trinajstić information content (AvgIpc) is 2.47. The molecule has 0 saturated carbocycles. The molecular formula is C10H8BrFS. The highest BCUT2D eigenvalue weighted by molar-refractivity contribution is 9.08. The van der Waals surface area contributed by atoms with Crippen LogP contribution in [0, 0.1) is 12.7 Å². The number of alkyl halides is 1. The molecule has 0 spiro atoms. The quantitative estimate of drug-likeness (QED) is 0.672. The van der Waals surface area contributed by atoms with Gasteiger partial charge in [0.2, 0.25) is 0 Å². The first kappa shape index (κ1) is 9.16. The van der Waals surface area contributed by atoms with Gasteiger partial charge in [-0.1, -0.05) is 15.9 Å². The van der Waals surface area contributed by atoms with Crippen molar-refractivity contribution < 1.29 is 4.39 Å². The van der Waals surface area contributed by atoms with Crippen molar-refractivity contribution in [1.82, 2.24) is 0 Å². The molecule has 0 aliphatic carbocycles. The van der Waals surface area contributed by atoms with E-state index in [-0.39, 0.29) is 5.82 Å². The van der Waals surface area contributed by atoms with Crippen molar-refractivity contribution >= 4 is 37.4 Å². The molecule has 3 heteroatoms. The zero-order valence-corrected chi connectivity index (χ0v) is 9.51. The molecule has 1 aromatic carbocycles. The largest absolute Gasteiger partial charge is 0.207 e. The number of hydrogen-bond acceptors (Lipinski definition) is 1. The molecule has 0 N–H and O–H groups in total. The molecule has 0 saturated heterocycles. The minimum Gasteiger partial charge on any atom is -0.207 e. The molecular weight excluding hydrogens is 251 g/mol. The van der Waals surface area contributed by atoms with Crippen LogP contribution >= 0.6 is 27.3 Å². The van der Waals surface area contributed by atoms with Crippen molar-refractivity contribution in [1.29, 1.82) is 0 Å². The third-order valence-corrected chi connectivity index (χ3v) is 4.21. The molecule has 68 valence electrons. The van der Waals surface area contributed by atoms with E-state index in [1.54, 1.807) is 23.5 Å². The lowest BCUT2D eigenvalue weighted by Crippen LogP contribution is -1.76. The SMILES string of the molecule is Cc1cc(F)cc2cc(CBr)sc12. The summed E-state index contributed by atoms with van der Waals surface area (Å²) in [6.07, 6.45) is 0. The Labute approximate surface area is 88.5 Å². The summed E-state index contributed by atoms with van der Waals surface area (Å²) in [4.78, 5) is 1.24. The molecule has 0 aliphatic heterocycles. The Hall–Kier alpha value is -0.410. The smallest absolute Gasteiger partial charge is 0.124 e. The molecule has 0 amide bonds. The van der Waals surface area contributed by atoms with Gasteiger partial charge in [0.1, 0.15) is 5.82 Å². The van der Waals surface area contributed by atoms with Crippen molar-refractivity contribution in [2.45, 2.75) is 12.3 Å². The molecule has 2 aromatic rings. The first-order chi connectivity index (χ1) is 6.20. The van der Waals surface area contributed by atoms with Crippen LogP contribution in [0.3, 0.4) is 0 Å². The zero-order chi connectivity index (χ0) is 9.42. The number of benzene rings is 1. The fourth-order valence-corrected chi connectivity index (χ4v) is 2.87. The summed E-state index contributed by atoms with van der Waals surface area (Å²) in [5.41, 5.74) is 1.02. The topological polar surface area (TPSA) is 0 Å². The summed E-state index contributed by atoms with van der Waals surface area (Å²) in [5, 5.41) is 1.85. The van der Waals surface area contributed by atoms with E-state index in [1.807, 2.05) is 13.0 Å². The molecule has 0 nitrogen and oxygen atoms in total. The van der Waals surface area contributed by atoms with E-state index in [0.29, 0.717) is 0 Å². The van der Waals surface area contributed by atoms with Crippen LogP contribution in [0.2, 0.25) is 0 Å². The van der Waals surface area contributed by atoms with Gasteiger partial charge in [0.25, 0.3) is 0 Å². The summed E-state index contributed by atoms with van der Waals surface area (Å²) < 4.78 is 14.2. The number of fused-ring (bicyclic) bond motifs is 1. The van der Waals surface area contributed by atoms with Gasteiger partial charge in [-0.05, 0) is 36.1 Å². The average molecular weight is 259 g/mol. The van der Waals surface area contributed by atoms with Gasteiger partial charge in [0.05, 0.1) is 0 Å². The molecule has 0 aliphatic rings. The van der Waals surface area contributed by atoms with Gasteiger partial charge in [-0.15, -0.1) is 11.3 Å². The summed E-state index contributed by atoms with van der Waals surface area (Å²) in [7, 11) is 0. The van der Waals surface area contributed by atoms with Crippen molar-refractivity contribution in [3.8, 4) is 0 Å². The normalized spacial score (nSPS) is 11.0. The van der Waals surface area contributed by atoms with Crippen LogP contribution in [-0.2, 0) is 5.33 Å². The van der Waals surface area contributed by atoms with Gasteiger partial charge in [-0.3, -0.25) is 0 Å². The monoisotopic (exact) mass is 258 g/mol. The highest BCUT2D eigenvalue weighted by atomic mass is 79.9. The van der Waals surface area contributed by atoms with Gasteiger partial charge >= 0.3 is 0 Å². The molecule has 0 atom stereocenters. The minimum atomic E-state index is -0.149. The second-order valence-corrected chi connectivity index (χ2v) is 4.68. The maximum absolute atomic E-state index is 13.0. The summed E-state index contributed by atoms with van der Waals surface area (Å²) in [5.74, 6) is -0.149. The maximum Gasteiger partial charge on any atom is 0.124 e. The van der Waals surface area contributed by atoms with E-state index in [1.165, 1.54) is 9.58 Å². The summed E-state index contributed by atoms with van der Waals surface area (Å²) in [6.45, 7) is 1.94. The van der Waals surface area contributed by atoms with E-state index in [4.69, 9.17) is 0 Å². The number of rotatable bonds is 1. The number of halogens is 2. The number of hydrogen-bond donors (Lipinski definition) is 0. The fourth-order valence-electron chi connectivity index (χ4n) is 1.40. The molecule has 1 heterocycles. The third-order valence-electron chi connectivity index (χ3n) is 1.95. The van der Waals surface area contributed by atoms with E-state index in [2.05, 4.69) is 15.9 Å². The van der Waals surface area contributed by atoms with Crippen molar-refractivity contribution in [3.05, 3.63) is 34.5 Å². The lowest BCUT2D eigenvalue weighted by molar-refractivity contribution is 0.629. The predicted molar refractivity (Wildman–Crippen MR) is 59.2 cm³/mol. The van der Waals surface area contributed by atoms with Crippen LogP contribution in [0.4, 0.5) is 4.39 Å². The highest BCUT2D eigenvalue weighted by Crippen LogP contribution is 2.30. The molecule has 13 heavy (non-hydrogen) atoms. The van der Waals surface area contributed by atoms with Gasteiger partial charge in [-0.25, -0.2) is 4.39 Å². The summed E-state index contributed by atoms with van der Waals surface area (Å²) in [6, 6.07) is 5.20. The molecule has 0 fully saturated rings. The van der Waals surface area contributed by atoms with E-state index < -0.39 is 0 Å². The molecule has 0 radical (unpaired) electrons. The molecule has 0 unspecified atom stereocenters. The van der Waals surface area contributed by atoms with Gasteiger partial charge in [-0.2, -0.15) is 0 Å². The van der Waals surface area contributed by atoms with Crippen LogP contribution in [0.25, 0.3) is 10.1 Å². The van der Waals surface area contributed by atoms with Gasteiger partial charge in [0, 0.05) is 14.9 Å². The highest BCUT2D eigenvalue weighted by Gasteiger charge is 2.04. The Morgan fingerprint density at radius 3 is 2.85 bits per heavy atom. The first-order valence-electron chi connectivity index (χ1n) is 3.95. The van der Waals surface area contributed by atoms with Crippen molar-refractivity contribution in [3.63, 3.8) is 0 Å². The third kappa shape index (κ3) is 1.63. The van der Waals surface area contributed by atoms with Gasteiger partial charge < -0.3 is 0 Å². The zero-order valence-electron chi connectivity index (χ0n) is 7.10. The first-order valence-corrected chi connectivity index (χ1v) is 5.89. The van der Waals surface area contributed by atoms with Crippen LogP contribution in [-0.4, -0.2) is 0 Å². The number of thiophene rings is 1. The Morgan fingerprint density at radius 2 is 2.15 bits per heavy atom. The minimum absolute atomic E-state index is 0.149. The molecule has 2 rings (SSSR count). The lowest BCUT2D eigenvalue weighted by atomic mass is 10.2. The van der Waals surface area contributed by atoms with Crippen molar-refractivity contribution in [2.75, 3.05) is 0 Å². The summed E-state index contributed by atoms with van der Waals surface area (Å²) >= 11 is 5.11. The molecule has 1 aromatic heterocycles. The lowest BCUT2D eigenvalue weighted by Gasteiger charge is -1.94. The predicted octanol–water partition coefficient (Wildman–Crippen LogP) is 4.24. The number of aryl methyl sites for hydroxylation is 1. The maximum atomic E-state index is 13.0. The Morgan fingerprint density at radius 1 is 1.38 bits per heavy atom. The van der Waals surface area contributed by atoms with Gasteiger partial charge in [0.15, 0.2) is 0 Å². The van der Waals surface area contributed by atoms with Crippen LogP contribution in [0.1, 0.15) is 10.4 Å².